The molecule has 0 aliphatic heterocycles. The molecule has 6 nitrogen and oxygen atoms in total. The summed E-state index contributed by atoms with van der Waals surface area (Å²) in [5.41, 5.74) is 0. The first-order valence-electron chi connectivity index (χ1n) is 5.99. The van der Waals surface area contributed by atoms with E-state index in [1.165, 1.54) is 16.2 Å². The molecule has 19 heavy (non-hydrogen) atoms. The van der Waals surface area contributed by atoms with Crippen LogP contribution in [0.1, 0.15) is 23.1 Å². The predicted octanol–water partition coefficient (Wildman–Crippen LogP) is 2.03. The van der Waals surface area contributed by atoms with Gasteiger partial charge in [-0.1, -0.05) is 24.3 Å². The average Bonchev–Trinajstić information content (AvgIpc) is 2.93. The van der Waals surface area contributed by atoms with E-state index in [0.717, 1.165) is 13.0 Å². The van der Waals surface area contributed by atoms with Crippen molar-refractivity contribution < 1.29 is 4.79 Å². The van der Waals surface area contributed by atoms with E-state index in [-0.39, 0.29) is 5.91 Å². The maximum atomic E-state index is 12.2. The Morgan fingerprint density at radius 3 is 2.95 bits per heavy atom. The molecular formula is C12H15N5OS. The van der Waals surface area contributed by atoms with Gasteiger partial charge in [-0.15, -0.1) is 10.2 Å². The Bertz CT molecular complexity index is 542. The summed E-state index contributed by atoms with van der Waals surface area (Å²) in [5.74, 6) is 0.381. The Morgan fingerprint density at radius 1 is 1.42 bits per heavy atom. The van der Waals surface area contributed by atoms with Crippen molar-refractivity contribution in [2.45, 2.75) is 13.3 Å². The standard InChI is InChI=1S/C12H15N5OS/c1-3-7-14-12-16-15-10(19-12)11(18)17(2)9-6-4-5-8-13-9/h4-6,8H,3,7H2,1-2H3,(H,14,16). The number of amides is 1. The SMILES string of the molecule is CCCNc1nnc(C(=O)N(C)c2ccccn2)s1. The minimum Gasteiger partial charge on any atom is -0.360 e. The second-order valence-corrected chi connectivity index (χ2v) is 4.87. The van der Waals surface area contributed by atoms with Crippen molar-refractivity contribution in [3.05, 3.63) is 29.4 Å². The maximum absolute atomic E-state index is 12.2. The number of carbonyl (C=O) groups excluding carboxylic acids is 1. The van der Waals surface area contributed by atoms with Crippen LogP contribution >= 0.6 is 11.3 Å². The van der Waals surface area contributed by atoms with Gasteiger partial charge >= 0.3 is 0 Å². The molecule has 0 aliphatic rings. The number of pyridine rings is 1. The Labute approximate surface area is 115 Å². The lowest BCUT2D eigenvalue weighted by Crippen LogP contribution is -2.26. The summed E-state index contributed by atoms with van der Waals surface area (Å²) >= 11 is 1.25. The number of aromatic nitrogens is 3. The van der Waals surface area contributed by atoms with Gasteiger partial charge in [-0.3, -0.25) is 9.69 Å². The van der Waals surface area contributed by atoms with Crippen molar-refractivity contribution >= 4 is 28.2 Å². The summed E-state index contributed by atoms with van der Waals surface area (Å²) in [5, 5.41) is 12.0. The molecule has 1 N–H and O–H groups in total. The van der Waals surface area contributed by atoms with Crippen LogP contribution in [-0.2, 0) is 0 Å². The number of nitrogens with one attached hydrogen (secondary N) is 1. The highest BCUT2D eigenvalue weighted by Crippen LogP contribution is 2.18. The van der Waals surface area contributed by atoms with Crippen LogP contribution in [0.4, 0.5) is 10.9 Å². The second kappa shape index (κ2) is 6.24. The Morgan fingerprint density at radius 2 is 2.26 bits per heavy atom. The van der Waals surface area contributed by atoms with E-state index < -0.39 is 0 Å². The van der Waals surface area contributed by atoms with Crippen LogP contribution in [0.2, 0.25) is 0 Å². The molecule has 7 heteroatoms. The smallest absolute Gasteiger partial charge is 0.290 e. The summed E-state index contributed by atoms with van der Waals surface area (Å²) in [6, 6.07) is 5.41. The molecule has 2 aromatic heterocycles. The predicted molar refractivity (Wildman–Crippen MR) is 75.7 cm³/mol. The van der Waals surface area contributed by atoms with E-state index in [0.29, 0.717) is 16.0 Å². The van der Waals surface area contributed by atoms with Crippen LogP contribution in [-0.4, -0.2) is 34.7 Å². The zero-order chi connectivity index (χ0) is 13.7. The van der Waals surface area contributed by atoms with E-state index in [9.17, 15) is 4.79 Å². The quantitative estimate of drug-likeness (QED) is 0.905. The van der Waals surface area contributed by atoms with Crippen LogP contribution < -0.4 is 10.2 Å². The van der Waals surface area contributed by atoms with Crippen molar-refractivity contribution in [1.82, 2.24) is 15.2 Å². The number of anilines is 2. The van der Waals surface area contributed by atoms with E-state index in [1.807, 2.05) is 6.07 Å². The van der Waals surface area contributed by atoms with Gasteiger partial charge in [0.15, 0.2) is 0 Å². The highest BCUT2D eigenvalue weighted by molar-refractivity contribution is 7.17. The Balaban J connectivity index is 2.09. The van der Waals surface area contributed by atoms with E-state index in [1.54, 1.807) is 25.4 Å². The van der Waals surface area contributed by atoms with Gasteiger partial charge in [0, 0.05) is 19.8 Å². The molecule has 2 rings (SSSR count). The topological polar surface area (TPSA) is 71.0 Å². The summed E-state index contributed by atoms with van der Waals surface area (Å²) in [6.07, 6.45) is 2.64. The zero-order valence-corrected chi connectivity index (χ0v) is 11.6. The largest absolute Gasteiger partial charge is 0.360 e. The highest BCUT2D eigenvalue weighted by Gasteiger charge is 2.18. The minimum atomic E-state index is -0.208. The fraction of sp³-hybridized carbons (Fsp3) is 0.333. The summed E-state index contributed by atoms with van der Waals surface area (Å²) in [4.78, 5) is 17.8. The Hall–Kier alpha value is -2.02. The molecule has 1 amide bonds. The fourth-order valence-corrected chi connectivity index (χ4v) is 2.16. The summed E-state index contributed by atoms with van der Waals surface area (Å²) < 4.78 is 0. The van der Waals surface area contributed by atoms with Crippen LogP contribution in [0.15, 0.2) is 24.4 Å². The third kappa shape index (κ3) is 3.25. The van der Waals surface area contributed by atoms with Crippen molar-refractivity contribution in [2.75, 3.05) is 23.8 Å². The first-order chi connectivity index (χ1) is 9.22. The Kier molecular flexibility index (Phi) is 4.40. The molecule has 0 saturated heterocycles. The van der Waals surface area contributed by atoms with Crippen LogP contribution in [0.5, 0.6) is 0 Å². The molecular weight excluding hydrogens is 262 g/mol. The lowest BCUT2D eigenvalue weighted by molar-refractivity contribution is 0.0991. The van der Waals surface area contributed by atoms with Gasteiger partial charge in [0.2, 0.25) is 10.1 Å². The highest BCUT2D eigenvalue weighted by atomic mass is 32.1. The van der Waals surface area contributed by atoms with Gasteiger partial charge < -0.3 is 5.32 Å². The van der Waals surface area contributed by atoms with Crippen molar-refractivity contribution in [3.63, 3.8) is 0 Å². The number of nitrogens with zero attached hydrogens (tertiary/aromatic N) is 4. The molecule has 0 spiro atoms. The number of hydrogen-bond acceptors (Lipinski definition) is 6. The van der Waals surface area contributed by atoms with Gasteiger partial charge in [-0.25, -0.2) is 4.98 Å². The van der Waals surface area contributed by atoms with E-state index in [2.05, 4.69) is 27.4 Å². The number of carbonyl (C=O) groups is 1. The third-order valence-electron chi connectivity index (χ3n) is 2.43. The summed E-state index contributed by atoms with van der Waals surface area (Å²) in [6.45, 7) is 2.88. The normalized spacial score (nSPS) is 10.2. The zero-order valence-electron chi connectivity index (χ0n) is 10.8. The average molecular weight is 277 g/mol. The molecule has 2 aromatic rings. The molecule has 0 aliphatic carbocycles. The van der Waals surface area contributed by atoms with Crippen LogP contribution in [0, 0.1) is 0 Å². The molecule has 0 bridgehead atoms. The molecule has 0 fully saturated rings. The minimum absolute atomic E-state index is 0.208. The lowest BCUT2D eigenvalue weighted by atomic mass is 10.4. The molecule has 100 valence electrons. The van der Waals surface area contributed by atoms with E-state index in [4.69, 9.17) is 0 Å². The van der Waals surface area contributed by atoms with Gasteiger partial charge in [0.05, 0.1) is 0 Å². The monoisotopic (exact) mass is 277 g/mol. The van der Waals surface area contributed by atoms with Crippen molar-refractivity contribution in [1.29, 1.82) is 0 Å². The molecule has 0 unspecified atom stereocenters. The molecule has 0 aromatic carbocycles. The van der Waals surface area contributed by atoms with Crippen LogP contribution in [0.25, 0.3) is 0 Å². The van der Waals surface area contributed by atoms with Crippen molar-refractivity contribution in [2.24, 2.45) is 0 Å². The van der Waals surface area contributed by atoms with Crippen molar-refractivity contribution in [3.8, 4) is 0 Å². The first-order valence-corrected chi connectivity index (χ1v) is 6.80. The van der Waals surface area contributed by atoms with Gasteiger partial charge in [0.1, 0.15) is 5.82 Å². The second-order valence-electron chi connectivity index (χ2n) is 3.89. The first kappa shape index (κ1) is 13.4. The molecule has 2 heterocycles. The molecule has 0 atom stereocenters. The maximum Gasteiger partial charge on any atom is 0.290 e. The van der Waals surface area contributed by atoms with Gasteiger partial charge in [-0.2, -0.15) is 0 Å². The number of hydrogen-bond donors (Lipinski definition) is 1. The molecule has 0 radical (unpaired) electrons. The summed E-state index contributed by atoms with van der Waals surface area (Å²) in [7, 11) is 1.67. The van der Waals surface area contributed by atoms with Gasteiger partial charge in [-0.05, 0) is 18.6 Å². The van der Waals surface area contributed by atoms with Crippen LogP contribution in [0.3, 0.4) is 0 Å². The molecule has 0 saturated carbocycles. The third-order valence-corrected chi connectivity index (χ3v) is 3.30. The number of rotatable bonds is 5. The lowest BCUT2D eigenvalue weighted by Gasteiger charge is -2.13. The van der Waals surface area contributed by atoms with Gasteiger partial charge in [0.25, 0.3) is 5.91 Å². The fourth-order valence-electron chi connectivity index (χ4n) is 1.41. The van der Waals surface area contributed by atoms with E-state index >= 15 is 0 Å².